The van der Waals surface area contributed by atoms with Crippen molar-refractivity contribution in [1.29, 1.82) is 0 Å². The molecule has 1 aliphatic heterocycles. The summed E-state index contributed by atoms with van der Waals surface area (Å²) in [5, 5.41) is 12.5. The summed E-state index contributed by atoms with van der Waals surface area (Å²) in [5.41, 5.74) is 3.80. The van der Waals surface area contributed by atoms with Crippen LogP contribution in [0.15, 0.2) is 18.2 Å². The smallest absolute Gasteiger partial charge is 0.124 e. The third kappa shape index (κ3) is 1.75. The van der Waals surface area contributed by atoms with E-state index < -0.39 is 0 Å². The standard InChI is InChI=1S/C12H17NO/c1-8(2)9-3-5-11-10(7-9)4-6-12(14)13-11/h3,5,7-8,12-14H,4,6H2,1-2H3. The number of anilines is 1. The first-order valence-electron chi connectivity index (χ1n) is 5.24. The van der Waals surface area contributed by atoms with Crippen molar-refractivity contribution >= 4 is 5.69 Å². The Bertz CT molecular complexity index is 333. The normalized spacial score (nSPS) is 20.4. The van der Waals surface area contributed by atoms with Crippen LogP contribution < -0.4 is 5.32 Å². The summed E-state index contributed by atoms with van der Waals surface area (Å²) in [7, 11) is 0. The van der Waals surface area contributed by atoms with Crippen LogP contribution in [-0.4, -0.2) is 11.3 Å². The summed E-state index contributed by atoms with van der Waals surface area (Å²) in [6.45, 7) is 4.40. The fourth-order valence-corrected chi connectivity index (χ4v) is 1.86. The highest BCUT2D eigenvalue weighted by atomic mass is 16.3. The second-order valence-electron chi connectivity index (χ2n) is 4.27. The number of aliphatic hydroxyl groups excluding tert-OH is 1. The minimum atomic E-state index is -0.368. The van der Waals surface area contributed by atoms with E-state index in [1.807, 2.05) is 0 Å². The Labute approximate surface area is 85.0 Å². The number of benzene rings is 1. The van der Waals surface area contributed by atoms with Crippen molar-refractivity contribution in [2.24, 2.45) is 0 Å². The Morgan fingerprint density at radius 1 is 1.43 bits per heavy atom. The Morgan fingerprint density at radius 2 is 2.21 bits per heavy atom. The summed E-state index contributed by atoms with van der Waals surface area (Å²) in [6.07, 6.45) is 1.42. The summed E-state index contributed by atoms with van der Waals surface area (Å²) in [4.78, 5) is 0. The molecular weight excluding hydrogens is 174 g/mol. The van der Waals surface area contributed by atoms with Gasteiger partial charge in [0.05, 0.1) is 0 Å². The van der Waals surface area contributed by atoms with Crippen molar-refractivity contribution in [2.45, 2.75) is 38.8 Å². The fraction of sp³-hybridized carbons (Fsp3) is 0.500. The van der Waals surface area contributed by atoms with Crippen LogP contribution in [0.1, 0.15) is 37.3 Å². The van der Waals surface area contributed by atoms with Gasteiger partial charge in [0.2, 0.25) is 0 Å². The zero-order chi connectivity index (χ0) is 10.1. The van der Waals surface area contributed by atoms with Crippen molar-refractivity contribution in [3.8, 4) is 0 Å². The average molecular weight is 191 g/mol. The van der Waals surface area contributed by atoms with Crippen LogP contribution >= 0.6 is 0 Å². The van der Waals surface area contributed by atoms with E-state index in [2.05, 4.69) is 37.4 Å². The fourth-order valence-electron chi connectivity index (χ4n) is 1.86. The predicted molar refractivity (Wildman–Crippen MR) is 58.5 cm³/mol. The molecule has 0 saturated heterocycles. The lowest BCUT2D eigenvalue weighted by Crippen LogP contribution is -2.24. The first-order valence-corrected chi connectivity index (χ1v) is 5.24. The van der Waals surface area contributed by atoms with Crippen molar-refractivity contribution in [3.05, 3.63) is 29.3 Å². The Kier molecular flexibility index (Phi) is 2.46. The van der Waals surface area contributed by atoms with Crippen LogP contribution in [0.4, 0.5) is 5.69 Å². The Hall–Kier alpha value is -1.02. The van der Waals surface area contributed by atoms with Gasteiger partial charge < -0.3 is 10.4 Å². The molecule has 2 N–H and O–H groups in total. The molecule has 1 aliphatic rings. The molecule has 0 bridgehead atoms. The molecule has 0 aromatic heterocycles. The summed E-state index contributed by atoms with van der Waals surface area (Å²) < 4.78 is 0. The lowest BCUT2D eigenvalue weighted by atomic mass is 9.95. The molecule has 0 amide bonds. The number of hydrogen-bond donors (Lipinski definition) is 2. The van der Waals surface area contributed by atoms with Gasteiger partial charge in [-0.3, -0.25) is 0 Å². The quantitative estimate of drug-likeness (QED) is 0.714. The Morgan fingerprint density at radius 3 is 2.93 bits per heavy atom. The molecule has 0 saturated carbocycles. The van der Waals surface area contributed by atoms with E-state index in [9.17, 15) is 5.11 Å². The molecule has 1 heterocycles. The first kappa shape index (κ1) is 9.53. The third-order valence-electron chi connectivity index (χ3n) is 2.81. The minimum Gasteiger partial charge on any atom is -0.374 e. The molecule has 0 aliphatic carbocycles. The largest absolute Gasteiger partial charge is 0.374 e. The lowest BCUT2D eigenvalue weighted by Gasteiger charge is -2.24. The van der Waals surface area contributed by atoms with Crippen LogP contribution in [-0.2, 0) is 6.42 Å². The number of rotatable bonds is 1. The van der Waals surface area contributed by atoms with E-state index in [0.29, 0.717) is 5.92 Å². The zero-order valence-electron chi connectivity index (χ0n) is 8.75. The number of fused-ring (bicyclic) bond motifs is 1. The molecule has 1 aromatic carbocycles. The van der Waals surface area contributed by atoms with E-state index in [0.717, 1.165) is 18.5 Å². The SMILES string of the molecule is CC(C)c1ccc2c(c1)CCC(O)N2. The number of aliphatic hydroxyl groups is 1. The number of hydrogen-bond acceptors (Lipinski definition) is 2. The third-order valence-corrected chi connectivity index (χ3v) is 2.81. The average Bonchev–Trinajstić information content (AvgIpc) is 2.16. The van der Waals surface area contributed by atoms with Crippen LogP contribution in [0.5, 0.6) is 0 Å². The van der Waals surface area contributed by atoms with Gasteiger partial charge in [-0.1, -0.05) is 26.0 Å². The highest BCUT2D eigenvalue weighted by Gasteiger charge is 2.15. The Balaban J connectivity index is 2.31. The molecule has 76 valence electrons. The van der Waals surface area contributed by atoms with Crippen molar-refractivity contribution in [1.82, 2.24) is 0 Å². The van der Waals surface area contributed by atoms with Gasteiger partial charge in [0.15, 0.2) is 0 Å². The number of aryl methyl sites for hydroxylation is 1. The summed E-state index contributed by atoms with van der Waals surface area (Å²) >= 11 is 0. The van der Waals surface area contributed by atoms with Crippen molar-refractivity contribution in [3.63, 3.8) is 0 Å². The van der Waals surface area contributed by atoms with E-state index in [1.165, 1.54) is 11.1 Å². The van der Waals surface area contributed by atoms with Crippen LogP contribution in [0.2, 0.25) is 0 Å². The van der Waals surface area contributed by atoms with Gasteiger partial charge in [-0.05, 0) is 36.0 Å². The second-order valence-corrected chi connectivity index (χ2v) is 4.27. The predicted octanol–water partition coefficient (Wildman–Crippen LogP) is 2.49. The van der Waals surface area contributed by atoms with E-state index in [-0.39, 0.29) is 6.23 Å². The molecule has 0 spiro atoms. The van der Waals surface area contributed by atoms with Crippen molar-refractivity contribution in [2.75, 3.05) is 5.32 Å². The van der Waals surface area contributed by atoms with Crippen molar-refractivity contribution < 1.29 is 5.11 Å². The molecule has 2 heteroatoms. The molecule has 1 atom stereocenters. The maximum atomic E-state index is 9.42. The minimum absolute atomic E-state index is 0.368. The lowest BCUT2D eigenvalue weighted by molar-refractivity contribution is 0.189. The molecular formula is C12H17NO. The molecule has 0 fully saturated rings. The van der Waals surface area contributed by atoms with Crippen LogP contribution in [0, 0.1) is 0 Å². The summed E-state index contributed by atoms with van der Waals surface area (Å²) in [5.74, 6) is 0.576. The molecule has 1 aromatic rings. The summed E-state index contributed by atoms with van der Waals surface area (Å²) in [6, 6.07) is 6.46. The topological polar surface area (TPSA) is 32.3 Å². The van der Waals surface area contributed by atoms with Gasteiger partial charge in [0, 0.05) is 5.69 Å². The monoisotopic (exact) mass is 191 g/mol. The molecule has 2 nitrogen and oxygen atoms in total. The first-order chi connectivity index (χ1) is 6.66. The highest BCUT2D eigenvalue weighted by molar-refractivity contribution is 5.55. The molecule has 0 radical (unpaired) electrons. The number of nitrogens with one attached hydrogen (secondary N) is 1. The highest BCUT2D eigenvalue weighted by Crippen LogP contribution is 2.27. The van der Waals surface area contributed by atoms with Gasteiger partial charge in [-0.25, -0.2) is 0 Å². The molecule has 1 unspecified atom stereocenters. The van der Waals surface area contributed by atoms with Gasteiger partial charge in [-0.15, -0.1) is 0 Å². The van der Waals surface area contributed by atoms with Gasteiger partial charge in [0.25, 0.3) is 0 Å². The van der Waals surface area contributed by atoms with Crippen LogP contribution in [0.3, 0.4) is 0 Å². The second kappa shape index (κ2) is 3.62. The van der Waals surface area contributed by atoms with Gasteiger partial charge >= 0.3 is 0 Å². The van der Waals surface area contributed by atoms with Gasteiger partial charge in [0.1, 0.15) is 6.23 Å². The van der Waals surface area contributed by atoms with Gasteiger partial charge in [-0.2, -0.15) is 0 Å². The zero-order valence-corrected chi connectivity index (χ0v) is 8.75. The van der Waals surface area contributed by atoms with E-state index in [1.54, 1.807) is 0 Å². The molecule has 14 heavy (non-hydrogen) atoms. The molecule has 2 rings (SSSR count). The van der Waals surface area contributed by atoms with E-state index >= 15 is 0 Å². The maximum Gasteiger partial charge on any atom is 0.124 e. The van der Waals surface area contributed by atoms with Crippen LogP contribution in [0.25, 0.3) is 0 Å². The van der Waals surface area contributed by atoms with E-state index in [4.69, 9.17) is 0 Å². The maximum absolute atomic E-state index is 9.42.